The van der Waals surface area contributed by atoms with Crippen LogP contribution in [0, 0.1) is 17.3 Å². The highest BCUT2D eigenvalue weighted by Gasteiger charge is 2.56. The average molecular weight is 297 g/mol. The van der Waals surface area contributed by atoms with Gasteiger partial charge >= 0.3 is 5.97 Å². The molecule has 110 valence electrons. The van der Waals surface area contributed by atoms with E-state index in [9.17, 15) is 9.90 Å². The summed E-state index contributed by atoms with van der Waals surface area (Å²) in [5, 5.41) is 14.9. The Kier molecular flexibility index (Phi) is 3.32. The largest absolute Gasteiger partial charge is 0.481 e. The van der Waals surface area contributed by atoms with Crippen LogP contribution < -0.4 is 0 Å². The quantitative estimate of drug-likeness (QED) is 0.929. The summed E-state index contributed by atoms with van der Waals surface area (Å²) >= 11 is 6.40. The standard InChI is InChI=1S/C15H21ClN2O2/c1-3-11-13(16)12(18(2)17-11)8-15(14(19)20)7-9-4-5-10(15)6-9/h9-10H,3-8H2,1-2H3,(H,19,20). The van der Waals surface area contributed by atoms with Crippen LogP contribution in [-0.2, 0) is 24.7 Å². The average Bonchev–Trinajstić information content (AvgIpc) is 3.07. The van der Waals surface area contributed by atoms with Crippen molar-refractivity contribution in [2.75, 3.05) is 0 Å². The van der Waals surface area contributed by atoms with E-state index < -0.39 is 11.4 Å². The number of carboxylic acids is 1. The number of aryl methyl sites for hydroxylation is 2. The minimum atomic E-state index is -0.653. The number of aliphatic carboxylic acids is 1. The van der Waals surface area contributed by atoms with E-state index in [4.69, 9.17) is 11.6 Å². The van der Waals surface area contributed by atoms with Gasteiger partial charge in [0.25, 0.3) is 0 Å². The summed E-state index contributed by atoms with van der Waals surface area (Å²) in [6.45, 7) is 2.02. The van der Waals surface area contributed by atoms with Crippen LogP contribution in [0.1, 0.15) is 44.0 Å². The van der Waals surface area contributed by atoms with E-state index in [1.807, 2.05) is 14.0 Å². The van der Waals surface area contributed by atoms with E-state index in [0.717, 1.165) is 37.1 Å². The minimum Gasteiger partial charge on any atom is -0.481 e. The number of nitrogens with zero attached hydrogens (tertiary/aromatic N) is 2. The summed E-state index contributed by atoms with van der Waals surface area (Å²) in [6.07, 6.45) is 5.41. The molecule has 0 aliphatic heterocycles. The first-order chi connectivity index (χ1) is 9.48. The number of carbonyl (C=O) groups is 1. The fraction of sp³-hybridized carbons (Fsp3) is 0.733. The smallest absolute Gasteiger partial charge is 0.310 e. The molecule has 1 aromatic heterocycles. The van der Waals surface area contributed by atoms with Gasteiger partial charge in [-0.05, 0) is 37.5 Å². The van der Waals surface area contributed by atoms with Gasteiger partial charge in [0.15, 0.2) is 0 Å². The van der Waals surface area contributed by atoms with Crippen molar-refractivity contribution in [2.24, 2.45) is 24.3 Å². The number of halogens is 1. The molecule has 1 N–H and O–H groups in total. The van der Waals surface area contributed by atoms with E-state index in [2.05, 4.69) is 5.10 Å². The Labute approximate surface area is 124 Å². The highest BCUT2D eigenvalue weighted by Crippen LogP contribution is 2.57. The SMILES string of the molecule is CCc1nn(C)c(CC2(C(=O)O)CC3CCC2C3)c1Cl. The zero-order valence-electron chi connectivity index (χ0n) is 12.0. The number of hydrogen-bond donors (Lipinski definition) is 1. The summed E-state index contributed by atoms with van der Waals surface area (Å²) in [5.41, 5.74) is 1.14. The molecule has 2 saturated carbocycles. The molecule has 2 aliphatic carbocycles. The van der Waals surface area contributed by atoms with E-state index in [1.54, 1.807) is 4.68 Å². The Balaban J connectivity index is 1.96. The molecule has 1 heterocycles. The Hall–Kier alpha value is -1.03. The predicted octanol–water partition coefficient (Wildman–Crippen LogP) is 3.07. The number of fused-ring (bicyclic) bond motifs is 2. The Morgan fingerprint density at radius 1 is 1.55 bits per heavy atom. The van der Waals surface area contributed by atoms with Gasteiger partial charge in [0.05, 0.1) is 21.8 Å². The molecule has 1 aromatic rings. The van der Waals surface area contributed by atoms with Gasteiger partial charge in [-0.15, -0.1) is 0 Å². The van der Waals surface area contributed by atoms with Gasteiger partial charge in [-0.2, -0.15) is 5.10 Å². The van der Waals surface area contributed by atoms with Gasteiger partial charge in [-0.1, -0.05) is 24.9 Å². The first-order valence-corrected chi connectivity index (χ1v) is 7.79. The van der Waals surface area contributed by atoms with Crippen LogP contribution in [0.25, 0.3) is 0 Å². The molecule has 0 saturated heterocycles. The lowest BCUT2D eigenvalue weighted by Crippen LogP contribution is -2.39. The second-order valence-electron chi connectivity index (χ2n) is 6.40. The topological polar surface area (TPSA) is 55.1 Å². The fourth-order valence-electron chi connectivity index (χ4n) is 4.31. The van der Waals surface area contributed by atoms with Gasteiger partial charge in [0.1, 0.15) is 0 Å². The van der Waals surface area contributed by atoms with Crippen molar-refractivity contribution < 1.29 is 9.90 Å². The predicted molar refractivity (Wildman–Crippen MR) is 76.8 cm³/mol. The molecule has 3 rings (SSSR count). The molecular formula is C15H21ClN2O2. The molecule has 3 atom stereocenters. The van der Waals surface area contributed by atoms with E-state index in [-0.39, 0.29) is 0 Å². The maximum Gasteiger partial charge on any atom is 0.310 e. The van der Waals surface area contributed by atoms with Crippen LogP contribution in [0.3, 0.4) is 0 Å². The molecule has 2 fully saturated rings. The van der Waals surface area contributed by atoms with Crippen molar-refractivity contribution in [3.05, 3.63) is 16.4 Å². The number of carboxylic acid groups (broad SMARTS) is 1. The van der Waals surface area contributed by atoms with Crippen molar-refractivity contribution in [3.63, 3.8) is 0 Å². The lowest BCUT2D eigenvalue weighted by Gasteiger charge is -2.33. The normalized spacial score (nSPS) is 31.9. The highest BCUT2D eigenvalue weighted by atomic mass is 35.5. The van der Waals surface area contributed by atoms with Crippen molar-refractivity contribution in [2.45, 2.75) is 45.4 Å². The summed E-state index contributed by atoms with van der Waals surface area (Å²) in [5.74, 6) is 0.245. The zero-order valence-corrected chi connectivity index (χ0v) is 12.8. The summed E-state index contributed by atoms with van der Waals surface area (Å²) in [7, 11) is 1.86. The lowest BCUT2D eigenvalue weighted by atomic mass is 9.70. The van der Waals surface area contributed by atoms with Crippen LogP contribution >= 0.6 is 11.6 Å². The van der Waals surface area contributed by atoms with Gasteiger partial charge < -0.3 is 5.11 Å². The van der Waals surface area contributed by atoms with Crippen LogP contribution in [0.4, 0.5) is 0 Å². The number of hydrogen-bond acceptors (Lipinski definition) is 2. The van der Waals surface area contributed by atoms with Crippen molar-refractivity contribution >= 4 is 17.6 Å². The molecule has 0 amide bonds. The first kappa shape index (κ1) is 13.9. The fourth-order valence-corrected chi connectivity index (χ4v) is 4.67. The van der Waals surface area contributed by atoms with E-state index >= 15 is 0 Å². The van der Waals surface area contributed by atoms with Gasteiger partial charge in [0.2, 0.25) is 0 Å². The third kappa shape index (κ3) is 1.88. The summed E-state index contributed by atoms with van der Waals surface area (Å²) < 4.78 is 1.78. The van der Waals surface area contributed by atoms with Crippen LogP contribution in [0.15, 0.2) is 0 Å². The molecule has 3 unspecified atom stereocenters. The maximum absolute atomic E-state index is 11.9. The molecule has 2 aliphatic rings. The third-order valence-corrected chi connectivity index (χ3v) is 5.82. The molecule has 20 heavy (non-hydrogen) atoms. The Bertz CT molecular complexity index is 554. The minimum absolute atomic E-state index is 0.307. The van der Waals surface area contributed by atoms with Gasteiger partial charge in [-0.25, -0.2) is 0 Å². The summed E-state index contributed by atoms with van der Waals surface area (Å²) in [6, 6.07) is 0. The summed E-state index contributed by atoms with van der Waals surface area (Å²) in [4.78, 5) is 11.9. The molecule has 0 spiro atoms. The molecule has 0 aromatic carbocycles. The molecule has 5 heteroatoms. The zero-order chi connectivity index (χ0) is 14.5. The van der Waals surface area contributed by atoms with Crippen LogP contribution in [0.2, 0.25) is 5.02 Å². The lowest BCUT2D eigenvalue weighted by molar-refractivity contribution is -0.152. The monoisotopic (exact) mass is 296 g/mol. The Morgan fingerprint density at radius 3 is 2.75 bits per heavy atom. The second-order valence-corrected chi connectivity index (χ2v) is 6.78. The third-order valence-electron chi connectivity index (χ3n) is 5.39. The molecule has 0 radical (unpaired) electrons. The number of rotatable bonds is 4. The Morgan fingerprint density at radius 2 is 2.30 bits per heavy atom. The van der Waals surface area contributed by atoms with Crippen molar-refractivity contribution in [1.82, 2.24) is 9.78 Å². The van der Waals surface area contributed by atoms with Gasteiger partial charge in [0, 0.05) is 13.5 Å². The van der Waals surface area contributed by atoms with E-state index in [0.29, 0.717) is 23.3 Å². The van der Waals surface area contributed by atoms with Crippen LogP contribution in [-0.4, -0.2) is 20.9 Å². The van der Waals surface area contributed by atoms with E-state index in [1.165, 1.54) is 6.42 Å². The van der Waals surface area contributed by atoms with Crippen LogP contribution in [0.5, 0.6) is 0 Å². The van der Waals surface area contributed by atoms with Crippen molar-refractivity contribution in [1.29, 1.82) is 0 Å². The number of aromatic nitrogens is 2. The second kappa shape index (κ2) is 4.76. The first-order valence-electron chi connectivity index (χ1n) is 7.41. The molecular weight excluding hydrogens is 276 g/mol. The maximum atomic E-state index is 11.9. The van der Waals surface area contributed by atoms with Gasteiger partial charge in [-0.3, -0.25) is 9.48 Å². The highest BCUT2D eigenvalue weighted by molar-refractivity contribution is 6.31. The molecule has 2 bridgehead atoms. The van der Waals surface area contributed by atoms with Crippen molar-refractivity contribution in [3.8, 4) is 0 Å². The molecule has 4 nitrogen and oxygen atoms in total.